The molecule has 148 valence electrons. The van der Waals surface area contributed by atoms with Crippen LogP contribution in [-0.4, -0.2) is 33.8 Å². The first-order valence-electron chi connectivity index (χ1n) is 9.14. The molecule has 0 bridgehead atoms. The molecular weight excluding hydrogens is 368 g/mol. The number of aldehydes is 2. The molecule has 0 fully saturated rings. The van der Waals surface area contributed by atoms with Gasteiger partial charge in [-0.2, -0.15) is 0 Å². The van der Waals surface area contributed by atoms with Crippen LogP contribution in [0.1, 0.15) is 41.5 Å². The number of carbonyl (C=O) groups is 3. The van der Waals surface area contributed by atoms with Gasteiger partial charge in [-0.1, -0.05) is 36.4 Å². The number of nitrogens with zero attached hydrogens (tertiary/aromatic N) is 1. The third kappa shape index (κ3) is 4.43. The summed E-state index contributed by atoms with van der Waals surface area (Å²) in [5.41, 5.74) is 2.32. The minimum Gasteiger partial charge on any atom is -0.443 e. The van der Waals surface area contributed by atoms with Crippen LogP contribution in [0.2, 0.25) is 0 Å². The van der Waals surface area contributed by atoms with Crippen LogP contribution in [0.5, 0.6) is 0 Å². The van der Waals surface area contributed by atoms with E-state index in [0.29, 0.717) is 11.1 Å². The van der Waals surface area contributed by atoms with Crippen molar-refractivity contribution in [3.8, 4) is 0 Å². The summed E-state index contributed by atoms with van der Waals surface area (Å²) in [4.78, 5) is 36.5. The monoisotopic (exact) mass is 390 g/mol. The van der Waals surface area contributed by atoms with Gasteiger partial charge in [0.1, 0.15) is 5.60 Å². The Balaban J connectivity index is 0.000000186. The van der Waals surface area contributed by atoms with Gasteiger partial charge in [-0.25, -0.2) is 4.79 Å². The molecule has 6 heteroatoms. The smallest absolute Gasteiger partial charge is 0.419 e. The van der Waals surface area contributed by atoms with Crippen LogP contribution in [0.25, 0.3) is 21.8 Å². The molecule has 0 aliphatic rings. The number of nitrogens with one attached hydrogen (secondary N) is 1. The molecule has 0 amide bonds. The highest BCUT2D eigenvalue weighted by Crippen LogP contribution is 2.21. The van der Waals surface area contributed by atoms with Gasteiger partial charge >= 0.3 is 6.09 Å². The quantitative estimate of drug-likeness (QED) is 0.476. The lowest BCUT2D eigenvalue weighted by atomic mass is 10.2. The fraction of sp³-hybridized carbons (Fsp3) is 0.174. The molecule has 1 N–H and O–H groups in total. The number of aromatic amines is 1. The third-order valence-corrected chi connectivity index (χ3v) is 4.21. The van der Waals surface area contributed by atoms with E-state index in [1.54, 1.807) is 39.1 Å². The molecule has 0 saturated heterocycles. The maximum absolute atomic E-state index is 12.0. The van der Waals surface area contributed by atoms with Crippen molar-refractivity contribution in [1.82, 2.24) is 9.55 Å². The zero-order chi connectivity index (χ0) is 21.0. The Morgan fingerprint density at radius 2 is 1.55 bits per heavy atom. The summed E-state index contributed by atoms with van der Waals surface area (Å²) in [7, 11) is 0. The highest BCUT2D eigenvalue weighted by Gasteiger charge is 2.20. The highest BCUT2D eigenvalue weighted by molar-refractivity contribution is 6.01. The van der Waals surface area contributed by atoms with Crippen LogP contribution in [0.4, 0.5) is 4.79 Å². The topological polar surface area (TPSA) is 81.2 Å². The second-order valence-electron chi connectivity index (χ2n) is 7.48. The third-order valence-electron chi connectivity index (χ3n) is 4.21. The number of rotatable bonds is 2. The molecule has 0 atom stereocenters. The van der Waals surface area contributed by atoms with E-state index in [1.807, 2.05) is 36.4 Å². The molecule has 0 radical (unpaired) electrons. The lowest BCUT2D eigenvalue weighted by Gasteiger charge is -2.19. The summed E-state index contributed by atoms with van der Waals surface area (Å²) in [6.07, 6.45) is 4.35. The maximum Gasteiger partial charge on any atom is 0.419 e. The van der Waals surface area contributed by atoms with Crippen LogP contribution in [0, 0.1) is 0 Å². The number of hydrogen-bond donors (Lipinski definition) is 1. The van der Waals surface area contributed by atoms with Crippen LogP contribution >= 0.6 is 0 Å². The first-order valence-corrected chi connectivity index (χ1v) is 9.14. The standard InChI is InChI=1S/C14H15NO3.C9H7NO/c1-14(2,3)18-13(17)15-8-10(9-16)11-6-4-5-7-12(11)15;11-6-7-5-10-9-4-2-1-3-8(7)9/h4-9H,1-3H3;1-6,10H. The Kier molecular flexibility index (Phi) is 5.64. The fourth-order valence-electron chi connectivity index (χ4n) is 2.95. The van der Waals surface area contributed by atoms with E-state index in [1.165, 1.54) is 10.8 Å². The lowest BCUT2D eigenvalue weighted by molar-refractivity contribution is 0.0544. The lowest BCUT2D eigenvalue weighted by Crippen LogP contribution is -2.26. The van der Waals surface area contributed by atoms with Crippen molar-refractivity contribution in [3.63, 3.8) is 0 Å². The second kappa shape index (κ2) is 8.14. The molecule has 0 aliphatic carbocycles. The van der Waals surface area contributed by atoms with E-state index >= 15 is 0 Å². The number of H-pyrrole nitrogens is 1. The summed E-state index contributed by atoms with van der Waals surface area (Å²) in [5.74, 6) is 0. The Morgan fingerprint density at radius 1 is 0.931 bits per heavy atom. The molecule has 4 aromatic rings. The normalized spacial score (nSPS) is 11.0. The Morgan fingerprint density at radius 3 is 2.21 bits per heavy atom. The predicted octanol–water partition coefficient (Wildman–Crippen LogP) is 5.22. The first kappa shape index (κ1) is 20.1. The summed E-state index contributed by atoms with van der Waals surface area (Å²) in [6, 6.07) is 15.0. The van der Waals surface area contributed by atoms with Crippen molar-refractivity contribution in [2.75, 3.05) is 0 Å². The van der Waals surface area contributed by atoms with Crippen molar-refractivity contribution < 1.29 is 19.1 Å². The van der Waals surface area contributed by atoms with Crippen LogP contribution < -0.4 is 0 Å². The zero-order valence-electron chi connectivity index (χ0n) is 16.5. The van der Waals surface area contributed by atoms with Gasteiger partial charge < -0.3 is 9.72 Å². The summed E-state index contributed by atoms with van der Waals surface area (Å²) >= 11 is 0. The SMILES string of the molecule is CC(C)(C)OC(=O)n1cc(C=O)c2ccccc21.O=Cc1c[nH]c2ccccc12. The summed E-state index contributed by atoms with van der Waals surface area (Å²) in [6.45, 7) is 5.41. The molecular formula is C23H22N2O4. The predicted molar refractivity (Wildman–Crippen MR) is 113 cm³/mol. The van der Waals surface area contributed by atoms with Gasteiger partial charge in [-0.15, -0.1) is 0 Å². The Labute approximate surface area is 168 Å². The van der Waals surface area contributed by atoms with Gasteiger partial charge in [-0.05, 0) is 32.9 Å². The molecule has 4 rings (SSSR count). The van der Waals surface area contributed by atoms with Crippen LogP contribution in [-0.2, 0) is 4.74 Å². The van der Waals surface area contributed by atoms with Gasteiger partial charge in [0.25, 0.3) is 0 Å². The molecule has 2 aromatic carbocycles. The van der Waals surface area contributed by atoms with Gasteiger partial charge in [0.2, 0.25) is 0 Å². The van der Waals surface area contributed by atoms with Crippen LogP contribution in [0.3, 0.4) is 0 Å². The largest absolute Gasteiger partial charge is 0.443 e. The minimum atomic E-state index is -0.566. The van der Waals surface area contributed by atoms with E-state index in [2.05, 4.69) is 4.98 Å². The van der Waals surface area contributed by atoms with Gasteiger partial charge in [0.15, 0.2) is 12.6 Å². The van der Waals surface area contributed by atoms with Gasteiger partial charge in [0, 0.05) is 39.8 Å². The number of fused-ring (bicyclic) bond motifs is 2. The van der Waals surface area contributed by atoms with E-state index < -0.39 is 11.7 Å². The molecule has 0 unspecified atom stereocenters. The van der Waals surface area contributed by atoms with Gasteiger partial charge in [0.05, 0.1) is 5.52 Å². The highest BCUT2D eigenvalue weighted by atomic mass is 16.6. The van der Waals surface area contributed by atoms with Gasteiger partial charge in [-0.3, -0.25) is 14.2 Å². The minimum absolute atomic E-state index is 0.480. The molecule has 6 nitrogen and oxygen atoms in total. The number of para-hydroxylation sites is 2. The number of carbonyl (C=O) groups excluding carboxylic acids is 3. The van der Waals surface area contributed by atoms with Crippen molar-refractivity contribution in [2.45, 2.75) is 26.4 Å². The van der Waals surface area contributed by atoms with E-state index in [4.69, 9.17) is 4.74 Å². The second-order valence-corrected chi connectivity index (χ2v) is 7.48. The zero-order valence-corrected chi connectivity index (χ0v) is 16.5. The summed E-state index contributed by atoms with van der Waals surface area (Å²) < 4.78 is 6.66. The van der Waals surface area contributed by atoms with E-state index in [9.17, 15) is 14.4 Å². The maximum atomic E-state index is 12.0. The number of ether oxygens (including phenoxy) is 1. The fourth-order valence-corrected chi connectivity index (χ4v) is 2.95. The Bertz CT molecular complexity index is 1180. The van der Waals surface area contributed by atoms with Crippen molar-refractivity contribution in [2.24, 2.45) is 0 Å². The average Bonchev–Trinajstić information content (AvgIpc) is 3.28. The average molecular weight is 390 g/mol. The molecule has 0 aliphatic heterocycles. The molecule has 0 saturated carbocycles. The van der Waals surface area contributed by atoms with Crippen LogP contribution in [0.15, 0.2) is 60.9 Å². The molecule has 29 heavy (non-hydrogen) atoms. The number of benzene rings is 2. The molecule has 2 aromatic heterocycles. The van der Waals surface area contributed by atoms with E-state index in [-0.39, 0.29) is 0 Å². The molecule has 2 heterocycles. The first-order chi connectivity index (χ1) is 13.8. The van der Waals surface area contributed by atoms with E-state index in [0.717, 1.165) is 34.4 Å². The van der Waals surface area contributed by atoms with Crippen molar-refractivity contribution in [3.05, 3.63) is 72.1 Å². The van der Waals surface area contributed by atoms with Crippen molar-refractivity contribution >= 4 is 40.5 Å². The summed E-state index contributed by atoms with van der Waals surface area (Å²) in [5, 5.41) is 1.74. The number of aromatic nitrogens is 2. The molecule has 0 spiro atoms. The van der Waals surface area contributed by atoms with Crippen molar-refractivity contribution in [1.29, 1.82) is 0 Å². The Hall–Kier alpha value is -3.67. The number of hydrogen-bond acceptors (Lipinski definition) is 4.